The monoisotopic (exact) mass is 372 g/mol. The Kier molecular flexibility index (Phi) is 4.82. The van der Waals surface area contributed by atoms with Crippen LogP contribution in [-0.4, -0.2) is 77.9 Å². The number of fused-ring (bicyclic) bond motifs is 1. The quantitative estimate of drug-likeness (QED) is 0.792. The zero-order chi connectivity index (χ0) is 18.9. The summed E-state index contributed by atoms with van der Waals surface area (Å²) in [6.07, 6.45) is 4.53. The molecule has 8 heteroatoms. The first kappa shape index (κ1) is 17.9. The number of amides is 3. The molecule has 1 aromatic heterocycles. The first-order valence-corrected chi connectivity index (χ1v) is 9.46. The largest absolute Gasteiger partial charge is 0.378 e. The number of carbonyl (C=O) groups excluding carboxylic acids is 3. The normalized spacial score (nSPS) is 28.3. The van der Waals surface area contributed by atoms with Gasteiger partial charge >= 0.3 is 0 Å². The molecule has 144 valence electrons. The molecule has 4 heterocycles. The summed E-state index contributed by atoms with van der Waals surface area (Å²) in [5, 5.41) is 3.01. The van der Waals surface area contributed by atoms with Gasteiger partial charge in [-0.25, -0.2) is 0 Å². The molecule has 0 unspecified atom stereocenters. The molecule has 27 heavy (non-hydrogen) atoms. The number of hydrogen-bond acceptors (Lipinski definition) is 5. The highest BCUT2D eigenvalue weighted by Gasteiger charge is 2.54. The number of pyridine rings is 1. The minimum absolute atomic E-state index is 0.0163. The van der Waals surface area contributed by atoms with E-state index in [0.29, 0.717) is 64.2 Å². The zero-order valence-corrected chi connectivity index (χ0v) is 15.2. The van der Waals surface area contributed by atoms with Gasteiger partial charge in [0.2, 0.25) is 11.8 Å². The maximum Gasteiger partial charge on any atom is 0.255 e. The molecule has 4 rings (SSSR count). The summed E-state index contributed by atoms with van der Waals surface area (Å²) >= 11 is 0. The highest BCUT2D eigenvalue weighted by atomic mass is 16.5. The number of piperidine rings is 2. The van der Waals surface area contributed by atoms with Crippen LogP contribution < -0.4 is 5.32 Å². The number of ether oxygens (including phenoxy) is 1. The van der Waals surface area contributed by atoms with Crippen molar-refractivity contribution in [3.63, 3.8) is 0 Å². The molecule has 1 N–H and O–H groups in total. The number of nitrogens with zero attached hydrogens (tertiary/aromatic N) is 3. The lowest BCUT2D eigenvalue weighted by Gasteiger charge is -2.51. The molecule has 0 aliphatic carbocycles. The van der Waals surface area contributed by atoms with Gasteiger partial charge in [-0.3, -0.25) is 19.4 Å². The van der Waals surface area contributed by atoms with Crippen molar-refractivity contribution in [3.05, 3.63) is 30.1 Å². The molecular formula is C19H24N4O4. The summed E-state index contributed by atoms with van der Waals surface area (Å²) in [7, 11) is 0. The van der Waals surface area contributed by atoms with E-state index in [1.807, 2.05) is 4.90 Å². The lowest BCUT2D eigenvalue weighted by Crippen LogP contribution is -2.67. The van der Waals surface area contributed by atoms with E-state index in [1.54, 1.807) is 29.4 Å². The van der Waals surface area contributed by atoms with Crippen LogP contribution in [0.4, 0.5) is 0 Å². The molecule has 8 nitrogen and oxygen atoms in total. The van der Waals surface area contributed by atoms with Crippen molar-refractivity contribution in [2.24, 2.45) is 5.41 Å². The second kappa shape index (κ2) is 7.26. The van der Waals surface area contributed by atoms with Crippen molar-refractivity contribution in [1.29, 1.82) is 0 Å². The Bertz CT molecular complexity index is 734. The summed E-state index contributed by atoms with van der Waals surface area (Å²) in [6.45, 7) is 2.99. The topological polar surface area (TPSA) is 91.8 Å². The van der Waals surface area contributed by atoms with Crippen molar-refractivity contribution >= 4 is 17.7 Å². The highest BCUT2D eigenvalue weighted by molar-refractivity contribution is 5.95. The summed E-state index contributed by atoms with van der Waals surface area (Å²) in [5.74, 6) is -0.107. The number of rotatable bonds is 2. The Morgan fingerprint density at radius 1 is 1.22 bits per heavy atom. The first-order valence-electron chi connectivity index (χ1n) is 9.46. The summed E-state index contributed by atoms with van der Waals surface area (Å²) < 4.78 is 5.37. The number of carbonyl (C=O) groups is 3. The predicted molar refractivity (Wildman–Crippen MR) is 95.8 cm³/mol. The van der Waals surface area contributed by atoms with Crippen molar-refractivity contribution in [2.45, 2.75) is 25.3 Å². The van der Waals surface area contributed by atoms with Gasteiger partial charge in [0, 0.05) is 51.0 Å². The third-order valence-electron chi connectivity index (χ3n) is 5.88. The third kappa shape index (κ3) is 3.29. The van der Waals surface area contributed by atoms with Crippen LogP contribution in [0.1, 0.15) is 29.6 Å². The second-order valence-corrected chi connectivity index (χ2v) is 7.44. The van der Waals surface area contributed by atoms with Crippen LogP contribution in [0.5, 0.6) is 0 Å². The number of hydrogen-bond donors (Lipinski definition) is 1. The fourth-order valence-corrected chi connectivity index (χ4v) is 4.41. The number of aromatic nitrogens is 1. The minimum Gasteiger partial charge on any atom is -0.378 e. The van der Waals surface area contributed by atoms with E-state index in [4.69, 9.17) is 4.74 Å². The van der Waals surface area contributed by atoms with Crippen molar-refractivity contribution in [1.82, 2.24) is 20.1 Å². The van der Waals surface area contributed by atoms with E-state index in [9.17, 15) is 14.4 Å². The van der Waals surface area contributed by atoms with Gasteiger partial charge in [0.15, 0.2) is 0 Å². The van der Waals surface area contributed by atoms with Crippen LogP contribution in [0.2, 0.25) is 0 Å². The van der Waals surface area contributed by atoms with Crippen LogP contribution in [0.3, 0.4) is 0 Å². The lowest BCUT2D eigenvalue weighted by atomic mass is 9.68. The smallest absolute Gasteiger partial charge is 0.255 e. The van der Waals surface area contributed by atoms with Gasteiger partial charge in [0.05, 0.1) is 24.2 Å². The second-order valence-electron chi connectivity index (χ2n) is 7.44. The summed E-state index contributed by atoms with van der Waals surface area (Å²) in [5.41, 5.74) is -0.244. The third-order valence-corrected chi connectivity index (χ3v) is 5.88. The van der Waals surface area contributed by atoms with Gasteiger partial charge in [-0.1, -0.05) is 0 Å². The van der Waals surface area contributed by atoms with Gasteiger partial charge in [-0.15, -0.1) is 0 Å². The fraction of sp³-hybridized carbons (Fsp3) is 0.579. The van der Waals surface area contributed by atoms with Crippen molar-refractivity contribution in [2.75, 3.05) is 39.4 Å². The van der Waals surface area contributed by atoms with Gasteiger partial charge < -0.3 is 19.9 Å². The maximum absolute atomic E-state index is 13.5. The minimum atomic E-state index is -0.763. The van der Waals surface area contributed by atoms with E-state index in [2.05, 4.69) is 10.3 Å². The van der Waals surface area contributed by atoms with Crippen LogP contribution >= 0.6 is 0 Å². The molecular weight excluding hydrogens is 348 g/mol. The average molecular weight is 372 g/mol. The van der Waals surface area contributed by atoms with Crippen molar-refractivity contribution < 1.29 is 19.1 Å². The molecule has 3 amide bonds. The van der Waals surface area contributed by atoms with Crippen LogP contribution in [-0.2, 0) is 14.3 Å². The Morgan fingerprint density at radius 3 is 2.78 bits per heavy atom. The first-order chi connectivity index (χ1) is 13.1. The summed E-state index contributed by atoms with van der Waals surface area (Å²) in [4.78, 5) is 46.0. The average Bonchev–Trinajstić information content (AvgIpc) is 2.73. The van der Waals surface area contributed by atoms with Gasteiger partial charge in [0.25, 0.3) is 5.91 Å². The number of likely N-dealkylation sites (tertiary alicyclic amines) is 1. The molecule has 0 bridgehead atoms. The Labute approximate surface area is 157 Å². The molecule has 3 saturated heterocycles. The lowest BCUT2D eigenvalue weighted by molar-refractivity contribution is -0.155. The molecule has 0 aromatic carbocycles. The number of nitrogens with one attached hydrogen (secondary N) is 1. The molecule has 0 spiro atoms. The molecule has 2 atom stereocenters. The highest BCUT2D eigenvalue weighted by Crippen LogP contribution is 2.40. The molecule has 3 fully saturated rings. The Balaban J connectivity index is 1.60. The van der Waals surface area contributed by atoms with Gasteiger partial charge in [0.1, 0.15) is 0 Å². The summed E-state index contributed by atoms with van der Waals surface area (Å²) in [6, 6.07) is 3.24. The van der Waals surface area contributed by atoms with Crippen LogP contribution in [0.15, 0.2) is 24.5 Å². The Hall–Kier alpha value is -2.48. The fourth-order valence-electron chi connectivity index (χ4n) is 4.41. The SMILES string of the molecule is O=C1CC[C@]2(C(=O)N3CCOCC3)CN(C(=O)c3cccnc3)CC[C@H]2N1. The van der Waals surface area contributed by atoms with Crippen molar-refractivity contribution in [3.8, 4) is 0 Å². The Morgan fingerprint density at radius 2 is 2.04 bits per heavy atom. The van der Waals surface area contributed by atoms with E-state index in [1.165, 1.54) is 0 Å². The zero-order valence-electron chi connectivity index (χ0n) is 15.2. The van der Waals surface area contributed by atoms with Gasteiger partial charge in [-0.2, -0.15) is 0 Å². The number of morpholine rings is 1. The molecule has 3 aliphatic heterocycles. The standard InChI is InChI=1S/C19H24N4O4/c24-16-3-5-19(18(26)22-8-10-27-11-9-22)13-23(7-4-15(19)21-16)17(25)14-2-1-6-20-12-14/h1-2,6,12,15H,3-5,7-11,13H2,(H,21,24)/t15-,19+/m1/s1. The molecule has 0 saturated carbocycles. The van der Waals surface area contributed by atoms with Crippen LogP contribution in [0.25, 0.3) is 0 Å². The van der Waals surface area contributed by atoms with E-state index >= 15 is 0 Å². The van der Waals surface area contributed by atoms with Crippen LogP contribution in [0, 0.1) is 5.41 Å². The van der Waals surface area contributed by atoms with E-state index in [-0.39, 0.29) is 23.8 Å². The molecule has 0 radical (unpaired) electrons. The van der Waals surface area contributed by atoms with E-state index in [0.717, 1.165) is 0 Å². The predicted octanol–water partition coefficient (Wildman–Crippen LogP) is 0.0513. The van der Waals surface area contributed by atoms with E-state index < -0.39 is 5.41 Å². The maximum atomic E-state index is 13.5. The van der Waals surface area contributed by atoms with Gasteiger partial charge in [-0.05, 0) is 25.0 Å². The molecule has 3 aliphatic rings. The molecule has 1 aromatic rings.